The second kappa shape index (κ2) is 10.7. The van der Waals surface area contributed by atoms with E-state index in [1.165, 1.54) is 0 Å². The highest BCUT2D eigenvalue weighted by atomic mass is 16.5. The monoisotopic (exact) mass is 606 g/mol. The minimum Gasteiger partial charge on any atom is -0.457 e. The number of nitrogens with one attached hydrogen (secondary N) is 1. The van der Waals surface area contributed by atoms with Crippen LogP contribution in [0.25, 0.3) is 22.3 Å². The minimum absolute atomic E-state index is 0.365. The summed E-state index contributed by atoms with van der Waals surface area (Å²) in [6.45, 7) is 0. The van der Waals surface area contributed by atoms with Gasteiger partial charge in [0, 0.05) is 40.2 Å². The summed E-state index contributed by atoms with van der Waals surface area (Å²) in [7, 11) is 0. The van der Waals surface area contributed by atoms with Gasteiger partial charge >= 0.3 is 0 Å². The van der Waals surface area contributed by atoms with E-state index in [1.54, 1.807) is 0 Å². The number of aliphatic imine (C=N–C) groups is 1. The summed E-state index contributed by atoms with van der Waals surface area (Å²) in [6.07, 6.45) is 5.75. The molecule has 1 unspecified atom stereocenters. The van der Waals surface area contributed by atoms with Gasteiger partial charge in [0.15, 0.2) is 0 Å². The second-order valence-corrected chi connectivity index (χ2v) is 12.0. The first-order valence-electron chi connectivity index (χ1n) is 15.8. The van der Waals surface area contributed by atoms with Gasteiger partial charge in [0.1, 0.15) is 23.5 Å². The van der Waals surface area contributed by atoms with Crippen molar-refractivity contribution in [2.24, 2.45) is 10.7 Å². The number of fused-ring (bicyclic) bond motifs is 9. The van der Waals surface area contributed by atoms with Crippen molar-refractivity contribution in [2.75, 3.05) is 0 Å². The van der Waals surface area contributed by atoms with E-state index in [1.807, 2.05) is 54.9 Å². The van der Waals surface area contributed by atoms with Crippen LogP contribution in [0.3, 0.4) is 0 Å². The van der Waals surface area contributed by atoms with E-state index < -0.39 is 5.41 Å². The molecule has 0 saturated carbocycles. The molecule has 0 bridgehead atoms. The first kappa shape index (κ1) is 27.1. The lowest BCUT2D eigenvalue weighted by Gasteiger charge is -2.38. The molecule has 5 nitrogen and oxygen atoms in total. The normalized spacial score (nSPS) is 16.9. The average molecular weight is 607 g/mol. The van der Waals surface area contributed by atoms with Crippen LogP contribution in [0.5, 0.6) is 11.5 Å². The van der Waals surface area contributed by atoms with Gasteiger partial charge < -0.3 is 15.8 Å². The van der Waals surface area contributed by atoms with Crippen LogP contribution in [0, 0.1) is 0 Å². The van der Waals surface area contributed by atoms with Crippen molar-refractivity contribution in [1.82, 2.24) is 10.3 Å². The Bertz CT molecular complexity index is 2220. The molecule has 0 radical (unpaired) electrons. The molecule has 1 aromatic heterocycles. The molecule has 5 heteroatoms. The Hall–Kier alpha value is -6.20. The SMILES string of the molecule is NC(=NC1NC=C(c2ccccc2)C=C1c1ccccc1)c1ccc2c(c1)C1(c3ccccc3Oc3ccccc31)c1ncccc1-2. The molecule has 1 spiro atoms. The number of nitrogens with zero attached hydrogens (tertiary/aromatic N) is 2. The molecule has 47 heavy (non-hydrogen) atoms. The van der Waals surface area contributed by atoms with Crippen molar-refractivity contribution in [3.05, 3.63) is 197 Å². The molecule has 3 heterocycles. The Morgan fingerprint density at radius 2 is 1.34 bits per heavy atom. The molecular weight excluding hydrogens is 576 g/mol. The summed E-state index contributed by atoms with van der Waals surface area (Å²) in [6, 6.07) is 47.9. The average Bonchev–Trinajstić information content (AvgIpc) is 3.43. The lowest BCUT2D eigenvalue weighted by molar-refractivity contribution is 0.434. The number of aromatic nitrogens is 1. The molecule has 1 atom stereocenters. The van der Waals surface area contributed by atoms with Gasteiger partial charge in [-0.1, -0.05) is 115 Å². The number of hydrogen-bond donors (Lipinski definition) is 2. The molecule has 3 N–H and O–H groups in total. The van der Waals surface area contributed by atoms with Gasteiger partial charge in [-0.3, -0.25) is 4.98 Å². The van der Waals surface area contributed by atoms with E-state index >= 15 is 0 Å². The first-order valence-corrected chi connectivity index (χ1v) is 15.8. The van der Waals surface area contributed by atoms with Gasteiger partial charge in [-0.15, -0.1) is 0 Å². The summed E-state index contributed by atoms with van der Waals surface area (Å²) < 4.78 is 6.47. The maximum absolute atomic E-state index is 6.94. The van der Waals surface area contributed by atoms with Crippen LogP contribution in [0.2, 0.25) is 0 Å². The van der Waals surface area contributed by atoms with Crippen LogP contribution in [-0.2, 0) is 5.41 Å². The number of benzene rings is 5. The first-order chi connectivity index (χ1) is 23.2. The van der Waals surface area contributed by atoms with E-state index in [-0.39, 0.29) is 6.17 Å². The van der Waals surface area contributed by atoms with Crippen LogP contribution in [0.15, 0.2) is 163 Å². The molecule has 0 amide bonds. The number of amidine groups is 1. The number of para-hydroxylation sites is 2. The third kappa shape index (κ3) is 4.17. The van der Waals surface area contributed by atoms with E-state index in [9.17, 15) is 0 Å². The number of ether oxygens (including phenoxy) is 1. The molecular formula is C42H30N4O. The molecule has 224 valence electrons. The number of dihydropyridines is 1. The van der Waals surface area contributed by atoms with Crippen molar-refractivity contribution >= 4 is 17.0 Å². The summed E-state index contributed by atoms with van der Waals surface area (Å²) in [4.78, 5) is 10.2. The zero-order valence-electron chi connectivity index (χ0n) is 25.5. The van der Waals surface area contributed by atoms with E-state index in [0.29, 0.717) is 5.84 Å². The van der Waals surface area contributed by atoms with Gasteiger partial charge in [0.2, 0.25) is 0 Å². The number of allylic oxidation sites excluding steroid dienone is 2. The maximum Gasteiger partial charge on any atom is 0.147 e. The highest BCUT2D eigenvalue weighted by molar-refractivity contribution is 6.01. The number of pyridine rings is 1. The Kier molecular flexibility index (Phi) is 6.18. The number of rotatable bonds is 4. The molecule has 0 fully saturated rings. The van der Waals surface area contributed by atoms with Gasteiger partial charge in [-0.05, 0) is 58.2 Å². The predicted molar refractivity (Wildman–Crippen MR) is 188 cm³/mol. The zero-order chi connectivity index (χ0) is 31.4. The number of hydrogen-bond acceptors (Lipinski definition) is 4. The molecule has 1 aliphatic carbocycles. The van der Waals surface area contributed by atoms with Gasteiger partial charge in [0.05, 0.1) is 11.1 Å². The highest BCUT2D eigenvalue weighted by Crippen LogP contribution is 2.61. The predicted octanol–water partition coefficient (Wildman–Crippen LogP) is 8.31. The standard InChI is InChI=1S/C42H30N4O/c43-40(46-41-33(28-14-5-2-6-15-28)24-30(26-45-41)27-12-3-1-4-13-27)29-21-22-31-32-16-11-23-44-39(32)42(36(31)25-29)34-17-7-9-19-37(34)47-38-20-10-8-18-35(38)42/h1-26,41,45H,(H2,43,46). The van der Waals surface area contributed by atoms with Crippen molar-refractivity contribution in [3.8, 4) is 22.6 Å². The van der Waals surface area contributed by atoms with Crippen molar-refractivity contribution in [3.63, 3.8) is 0 Å². The summed E-state index contributed by atoms with van der Waals surface area (Å²) in [5, 5.41) is 3.54. The quantitative estimate of drug-likeness (QED) is 0.156. The molecule has 2 aliphatic heterocycles. The number of nitrogens with two attached hydrogens (primary N) is 1. The third-order valence-electron chi connectivity index (χ3n) is 9.46. The maximum atomic E-state index is 6.94. The van der Waals surface area contributed by atoms with E-state index in [0.717, 1.165) is 72.8 Å². The van der Waals surface area contributed by atoms with Crippen LogP contribution in [0.1, 0.15) is 39.1 Å². The van der Waals surface area contributed by atoms with Crippen molar-refractivity contribution in [2.45, 2.75) is 11.6 Å². The largest absolute Gasteiger partial charge is 0.457 e. The Morgan fingerprint density at radius 3 is 2.06 bits per heavy atom. The fourth-order valence-electron chi connectivity index (χ4n) is 7.37. The lowest BCUT2D eigenvalue weighted by Crippen LogP contribution is -2.33. The molecule has 6 aromatic rings. The Balaban J connectivity index is 1.19. The van der Waals surface area contributed by atoms with E-state index in [2.05, 4.69) is 108 Å². The topological polar surface area (TPSA) is 72.5 Å². The summed E-state index contributed by atoms with van der Waals surface area (Å²) in [5.74, 6) is 2.11. The Labute approximate surface area is 273 Å². The van der Waals surface area contributed by atoms with Crippen LogP contribution < -0.4 is 15.8 Å². The van der Waals surface area contributed by atoms with E-state index in [4.69, 9.17) is 20.4 Å². The van der Waals surface area contributed by atoms with Crippen LogP contribution in [-0.4, -0.2) is 17.0 Å². The molecule has 5 aromatic carbocycles. The van der Waals surface area contributed by atoms with Crippen molar-refractivity contribution < 1.29 is 4.74 Å². The second-order valence-electron chi connectivity index (χ2n) is 12.0. The lowest BCUT2D eigenvalue weighted by atomic mass is 9.67. The van der Waals surface area contributed by atoms with Gasteiger partial charge in [-0.25, -0.2) is 4.99 Å². The van der Waals surface area contributed by atoms with Crippen LogP contribution in [0.4, 0.5) is 0 Å². The van der Waals surface area contributed by atoms with Gasteiger partial charge in [0.25, 0.3) is 0 Å². The fraction of sp³-hybridized carbons (Fsp3) is 0.0476. The van der Waals surface area contributed by atoms with Crippen LogP contribution >= 0.6 is 0 Å². The summed E-state index contributed by atoms with van der Waals surface area (Å²) in [5.41, 5.74) is 18.0. The smallest absolute Gasteiger partial charge is 0.147 e. The highest BCUT2D eigenvalue weighted by Gasteiger charge is 2.52. The third-order valence-corrected chi connectivity index (χ3v) is 9.46. The minimum atomic E-state index is -0.667. The summed E-state index contributed by atoms with van der Waals surface area (Å²) >= 11 is 0. The Morgan fingerprint density at radius 1 is 0.681 bits per heavy atom. The molecule has 9 rings (SSSR count). The van der Waals surface area contributed by atoms with Crippen molar-refractivity contribution in [1.29, 1.82) is 0 Å². The van der Waals surface area contributed by atoms with Gasteiger partial charge in [-0.2, -0.15) is 0 Å². The zero-order valence-corrected chi connectivity index (χ0v) is 25.5. The fourth-order valence-corrected chi connectivity index (χ4v) is 7.37. The molecule has 3 aliphatic rings. The molecule has 0 saturated heterocycles.